The molecular weight excluding hydrogens is 412 g/mol. The number of ether oxygens (including phenoxy) is 1. The minimum absolute atomic E-state index is 0. The molecule has 2 aromatic heterocycles. The van der Waals surface area contributed by atoms with E-state index in [1.54, 1.807) is 0 Å². The first-order chi connectivity index (χ1) is 12.6. The summed E-state index contributed by atoms with van der Waals surface area (Å²) >= 11 is 0. The molecule has 0 spiro atoms. The van der Waals surface area contributed by atoms with Crippen molar-refractivity contribution in [2.45, 2.75) is 13.5 Å². The number of amides is 2. The number of carbonyl (C=O) groups is 2. The van der Waals surface area contributed by atoms with Gasteiger partial charge in [0, 0.05) is 26.1 Å². The lowest BCUT2D eigenvalue weighted by atomic mass is 10.3. The molecule has 1 N–H and O–H groups in total. The zero-order valence-corrected chi connectivity index (χ0v) is 16.6. The highest BCUT2D eigenvalue weighted by molar-refractivity contribution is 5.89. The van der Waals surface area contributed by atoms with E-state index in [-0.39, 0.29) is 35.3 Å². The number of rotatable bonds is 3. The van der Waals surface area contributed by atoms with Gasteiger partial charge < -0.3 is 31.9 Å². The molecule has 0 radical (unpaired) electrons. The molecule has 0 unspecified atom stereocenters. The predicted molar refractivity (Wildman–Crippen MR) is 96.8 cm³/mol. The van der Waals surface area contributed by atoms with Gasteiger partial charge in [0.05, 0.1) is 18.9 Å². The van der Waals surface area contributed by atoms with Gasteiger partial charge in [-0.25, -0.2) is 4.57 Å². The van der Waals surface area contributed by atoms with E-state index in [2.05, 4.69) is 5.32 Å². The van der Waals surface area contributed by atoms with Crippen LogP contribution in [0.25, 0.3) is 16.7 Å². The van der Waals surface area contributed by atoms with Gasteiger partial charge in [0.1, 0.15) is 6.20 Å². The van der Waals surface area contributed by atoms with Crippen LogP contribution < -0.4 is 26.9 Å². The van der Waals surface area contributed by atoms with Gasteiger partial charge in [-0.1, -0.05) is 12.1 Å². The van der Waals surface area contributed by atoms with Gasteiger partial charge in [0.2, 0.25) is 5.91 Å². The number of para-hydroxylation sites is 2. The maximum atomic E-state index is 12.7. The Morgan fingerprint density at radius 3 is 2.63 bits per heavy atom. The number of pyridine rings is 1. The number of nitrogens with zero attached hydrogens (tertiary/aromatic N) is 3. The maximum Gasteiger partial charge on any atom is 0.287 e. The Kier molecular flexibility index (Phi) is 5.76. The molecule has 0 saturated carbocycles. The summed E-state index contributed by atoms with van der Waals surface area (Å²) in [5.41, 5.74) is 3.60. The molecule has 1 fully saturated rings. The summed E-state index contributed by atoms with van der Waals surface area (Å²) in [5, 5.41) is 2.81. The van der Waals surface area contributed by atoms with Crippen LogP contribution in [0.2, 0.25) is 0 Å². The van der Waals surface area contributed by atoms with Crippen molar-refractivity contribution in [2.24, 2.45) is 0 Å². The number of nitrogens with one attached hydrogen (secondary N) is 1. The first kappa shape index (κ1) is 19.3. The largest absolute Gasteiger partial charge is 1.00 e. The Morgan fingerprint density at radius 2 is 1.89 bits per heavy atom. The molecule has 27 heavy (non-hydrogen) atoms. The van der Waals surface area contributed by atoms with E-state index in [9.17, 15) is 9.59 Å². The van der Waals surface area contributed by atoms with Crippen LogP contribution in [-0.2, 0) is 20.9 Å². The molecule has 0 aliphatic carbocycles. The summed E-state index contributed by atoms with van der Waals surface area (Å²) in [6, 6.07) is 11.7. The van der Waals surface area contributed by atoms with Gasteiger partial charge >= 0.3 is 0 Å². The average Bonchev–Trinajstić information content (AvgIpc) is 2.95. The second kappa shape index (κ2) is 8.06. The van der Waals surface area contributed by atoms with E-state index in [0.29, 0.717) is 26.3 Å². The number of hydrogen-bond acceptors (Lipinski definition) is 3. The van der Waals surface area contributed by atoms with Crippen molar-refractivity contribution in [3.8, 4) is 0 Å². The molecule has 1 aromatic carbocycles. The Hall–Kier alpha value is -2.45. The lowest BCUT2D eigenvalue weighted by Gasteiger charge is -2.26. The number of imidazole rings is 1. The molecular formula is C19H21BrN4O3. The van der Waals surface area contributed by atoms with Crippen molar-refractivity contribution in [1.82, 2.24) is 9.30 Å². The Bertz CT molecular complexity index is 995. The van der Waals surface area contributed by atoms with Crippen LogP contribution in [0.1, 0.15) is 6.92 Å². The number of hydrogen-bond donors (Lipinski definition) is 1. The third kappa shape index (κ3) is 3.81. The predicted octanol–water partition coefficient (Wildman–Crippen LogP) is -1.80. The fraction of sp³-hybridized carbons (Fsp3) is 0.316. The zero-order valence-electron chi connectivity index (χ0n) is 15.0. The lowest BCUT2D eigenvalue weighted by Crippen LogP contribution is -3.00. The number of morpholine rings is 1. The van der Waals surface area contributed by atoms with E-state index >= 15 is 0 Å². The highest BCUT2D eigenvalue weighted by Crippen LogP contribution is 2.18. The molecule has 142 valence electrons. The van der Waals surface area contributed by atoms with Gasteiger partial charge in [-0.2, -0.15) is 4.40 Å². The van der Waals surface area contributed by atoms with Crippen molar-refractivity contribution in [3.05, 3.63) is 42.6 Å². The lowest BCUT2D eigenvalue weighted by molar-refractivity contribution is -0.633. The maximum absolute atomic E-state index is 12.7. The Balaban J connectivity index is 0.00000210. The summed E-state index contributed by atoms with van der Waals surface area (Å²) in [6.45, 7) is 4.21. The second-order valence-corrected chi connectivity index (χ2v) is 6.40. The summed E-state index contributed by atoms with van der Waals surface area (Å²) in [5.74, 6) is -0.0290. The molecule has 1 aliphatic rings. The number of benzene rings is 1. The van der Waals surface area contributed by atoms with E-state index in [4.69, 9.17) is 4.74 Å². The van der Waals surface area contributed by atoms with Crippen LogP contribution in [0.15, 0.2) is 42.6 Å². The molecule has 4 rings (SSSR count). The van der Waals surface area contributed by atoms with Crippen LogP contribution in [0, 0.1) is 0 Å². The Labute approximate surface area is 167 Å². The number of anilines is 1. The normalized spacial score (nSPS) is 14.2. The monoisotopic (exact) mass is 432 g/mol. The Morgan fingerprint density at radius 1 is 1.15 bits per heavy atom. The molecule has 8 heteroatoms. The molecule has 0 bridgehead atoms. The van der Waals surface area contributed by atoms with Crippen LogP contribution in [0.5, 0.6) is 0 Å². The quantitative estimate of drug-likeness (QED) is 0.496. The van der Waals surface area contributed by atoms with Crippen LogP contribution in [0.3, 0.4) is 0 Å². The standard InChI is InChI=1S/C19H20N4O3.BrH/c1-14(24)20-15-6-7-18-22(12-15)16-4-2-3-5-17(16)23(18)13-19(25)21-8-10-26-11-9-21;/h2-7,12H,8-11,13H2,1H3;1H. The zero-order chi connectivity index (χ0) is 18.1. The van der Waals surface area contributed by atoms with E-state index in [0.717, 1.165) is 22.4 Å². The third-order valence-electron chi connectivity index (χ3n) is 4.61. The van der Waals surface area contributed by atoms with Crippen LogP contribution in [-0.4, -0.2) is 47.4 Å². The molecule has 1 saturated heterocycles. The minimum atomic E-state index is -0.115. The number of carbonyl (C=O) groups excluding carboxylic acids is 2. The third-order valence-corrected chi connectivity index (χ3v) is 4.61. The molecule has 7 nitrogen and oxygen atoms in total. The van der Waals surface area contributed by atoms with Crippen molar-refractivity contribution < 1.29 is 35.9 Å². The summed E-state index contributed by atoms with van der Waals surface area (Å²) in [6.07, 6.45) is 1.88. The molecule has 3 heterocycles. The highest BCUT2D eigenvalue weighted by Gasteiger charge is 2.24. The molecule has 1 aliphatic heterocycles. The van der Waals surface area contributed by atoms with Crippen molar-refractivity contribution in [1.29, 1.82) is 0 Å². The fourth-order valence-corrected chi connectivity index (χ4v) is 3.42. The van der Waals surface area contributed by atoms with Crippen molar-refractivity contribution >= 4 is 34.2 Å². The average molecular weight is 433 g/mol. The van der Waals surface area contributed by atoms with Crippen molar-refractivity contribution in [2.75, 3.05) is 31.6 Å². The highest BCUT2D eigenvalue weighted by atomic mass is 79.9. The molecule has 0 atom stereocenters. The summed E-state index contributed by atoms with van der Waals surface area (Å²) in [7, 11) is 0. The number of fused-ring (bicyclic) bond motifs is 3. The van der Waals surface area contributed by atoms with E-state index in [1.807, 2.05) is 56.5 Å². The SMILES string of the molecule is CC(=O)Nc1ccc2n(c1)c1ccccc1[n+]2CC(=O)N1CCOCC1.[Br-]. The van der Waals surface area contributed by atoms with Crippen LogP contribution >= 0.6 is 0 Å². The minimum Gasteiger partial charge on any atom is -1.00 e. The first-order valence-electron chi connectivity index (χ1n) is 8.69. The van der Waals surface area contributed by atoms with Crippen LogP contribution in [0.4, 0.5) is 5.69 Å². The second-order valence-electron chi connectivity index (χ2n) is 6.40. The van der Waals surface area contributed by atoms with Gasteiger partial charge in [0.15, 0.2) is 17.6 Å². The first-order valence-corrected chi connectivity index (χ1v) is 8.69. The van der Waals surface area contributed by atoms with E-state index < -0.39 is 0 Å². The van der Waals surface area contributed by atoms with E-state index in [1.165, 1.54) is 6.92 Å². The molecule has 2 amide bonds. The fourth-order valence-electron chi connectivity index (χ4n) is 3.42. The van der Waals surface area contributed by atoms with Gasteiger partial charge in [0.25, 0.3) is 11.6 Å². The molecule has 3 aromatic rings. The van der Waals surface area contributed by atoms with Gasteiger partial charge in [-0.05, 0) is 18.2 Å². The summed E-state index contributed by atoms with van der Waals surface area (Å²) in [4.78, 5) is 25.9. The van der Waals surface area contributed by atoms with Gasteiger partial charge in [-0.15, -0.1) is 0 Å². The smallest absolute Gasteiger partial charge is 0.287 e. The number of halogens is 1. The topological polar surface area (TPSA) is 66.9 Å². The van der Waals surface area contributed by atoms with Crippen molar-refractivity contribution in [3.63, 3.8) is 0 Å². The summed E-state index contributed by atoms with van der Waals surface area (Å²) < 4.78 is 9.36. The number of aromatic nitrogens is 2. The van der Waals surface area contributed by atoms with Gasteiger partial charge in [-0.3, -0.25) is 9.59 Å².